The van der Waals surface area contributed by atoms with Crippen LogP contribution in [-0.2, 0) is 9.59 Å². The van der Waals surface area contributed by atoms with Crippen LogP contribution in [0.2, 0.25) is 0 Å². The summed E-state index contributed by atoms with van der Waals surface area (Å²) in [7, 11) is 0. The highest BCUT2D eigenvalue weighted by molar-refractivity contribution is 7.10. The molecule has 1 aliphatic rings. The van der Waals surface area contributed by atoms with Gasteiger partial charge in [0.25, 0.3) is 0 Å². The van der Waals surface area contributed by atoms with Crippen molar-refractivity contribution in [3.8, 4) is 0 Å². The lowest BCUT2D eigenvalue weighted by molar-refractivity contribution is -0.123. The third kappa shape index (κ3) is 5.68. The van der Waals surface area contributed by atoms with Gasteiger partial charge in [-0.1, -0.05) is 12.5 Å². The van der Waals surface area contributed by atoms with Gasteiger partial charge in [0.2, 0.25) is 11.8 Å². The number of carbonyl (C=O) groups excluding carboxylic acids is 2. The molecule has 1 fully saturated rings. The summed E-state index contributed by atoms with van der Waals surface area (Å²) in [5, 5.41) is 7.87. The Morgan fingerprint density at radius 2 is 2.04 bits per heavy atom. The first-order valence-electron chi connectivity index (χ1n) is 9.48. The maximum absolute atomic E-state index is 12.6. The fourth-order valence-corrected chi connectivity index (χ4v) is 4.32. The molecule has 0 spiro atoms. The minimum absolute atomic E-state index is 0.0465. The fourth-order valence-electron chi connectivity index (χ4n) is 3.55. The van der Waals surface area contributed by atoms with Crippen molar-refractivity contribution in [2.45, 2.75) is 44.7 Å². The summed E-state index contributed by atoms with van der Waals surface area (Å²) in [4.78, 5) is 27.4. The third-order valence-corrected chi connectivity index (χ3v) is 5.84. The lowest BCUT2D eigenvalue weighted by atomic mass is 10.1. The summed E-state index contributed by atoms with van der Waals surface area (Å²) in [6.07, 6.45) is 5.51. The van der Waals surface area contributed by atoms with Crippen LogP contribution in [0.1, 0.15) is 55.3 Å². The Labute approximate surface area is 163 Å². The second kappa shape index (κ2) is 9.71. The molecule has 2 amide bonds. The number of hydrogen-bond donors (Lipinski definition) is 2. The number of hydrogen-bond acceptors (Lipinski definition) is 5. The number of likely N-dealkylation sites (tertiary alicyclic amines) is 1. The van der Waals surface area contributed by atoms with Crippen LogP contribution in [0.25, 0.3) is 0 Å². The van der Waals surface area contributed by atoms with Crippen LogP contribution in [0, 0.1) is 0 Å². The van der Waals surface area contributed by atoms with Crippen molar-refractivity contribution in [1.29, 1.82) is 0 Å². The van der Waals surface area contributed by atoms with E-state index in [1.54, 1.807) is 17.6 Å². The van der Waals surface area contributed by atoms with E-state index in [0.717, 1.165) is 23.7 Å². The Balaban J connectivity index is 1.60. The van der Waals surface area contributed by atoms with Gasteiger partial charge in [-0.3, -0.25) is 14.5 Å². The zero-order chi connectivity index (χ0) is 19.1. The summed E-state index contributed by atoms with van der Waals surface area (Å²) in [5.74, 6) is 0.674. The van der Waals surface area contributed by atoms with Crippen LogP contribution in [-0.4, -0.2) is 36.3 Å². The average Bonchev–Trinajstić information content (AvgIpc) is 3.36. The van der Waals surface area contributed by atoms with E-state index in [9.17, 15) is 9.59 Å². The van der Waals surface area contributed by atoms with Gasteiger partial charge in [-0.05, 0) is 49.5 Å². The zero-order valence-corrected chi connectivity index (χ0v) is 16.5. The number of piperidine rings is 1. The van der Waals surface area contributed by atoms with Gasteiger partial charge < -0.3 is 15.1 Å². The quantitative estimate of drug-likeness (QED) is 0.727. The second-order valence-corrected chi connectivity index (χ2v) is 7.88. The van der Waals surface area contributed by atoms with Crippen molar-refractivity contribution in [3.05, 3.63) is 46.5 Å². The van der Waals surface area contributed by atoms with E-state index in [0.29, 0.717) is 6.54 Å². The minimum Gasteiger partial charge on any atom is -0.468 e. The van der Waals surface area contributed by atoms with Crippen LogP contribution in [0.15, 0.2) is 40.3 Å². The number of nitrogens with one attached hydrogen (secondary N) is 2. The van der Waals surface area contributed by atoms with Gasteiger partial charge in [0.15, 0.2) is 0 Å². The van der Waals surface area contributed by atoms with E-state index < -0.39 is 0 Å². The first kappa shape index (κ1) is 19.6. The predicted octanol–water partition coefficient (Wildman–Crippen LogP) is 3.25. The molecule has 7 heteroatoms. The monoisotopic (exact) mass is 389 g/mol. The number of nitrogens with zero attached hydrogens (tertiary/aromatic N) is 1. The molecule has 146 valence electrons. The number of amides is 2. The molecule has 1 saturated heterocycles. The highest BCUT2D eigenvalue weighted by atomic mass is 32.1. The van der Waals surface area contributed by atoms with E-state index in [4.69, 9.17) is 4.42 Å². The normalized spacial score (nSPS) is 17.2. The van der Waals surface area contributed by atoms with Gasteiger partial charge in [0.1, 0.15) is 5.76 Å². The maximum Gasteiger partial charge on any atom is 0.222 e. The summed E-state index contributed by atoms with van der Waals surface area (Å²) in [6.45, 7) is 4.02. The molecule has 1 aliphatic heterocycles. The summed E-state index contributed by atoms with van der Waals surface area (Å²) in [5.41, 5.74) is 0. The van der Waals surface area contributed by atoms with E-state index in [2.05, 4.69) is 15.5 Å². The van der Waals surface area contributed by atoms with Crippen LogP contribution in [0.3, 0.4) is 0 Å². The largest absolute Gasteiger partial charge is 0.468 e. The lowest BCUT2D eigenvalue weighted by Crippen LogP contribution is -2.41. The molecule has 6 nitrogen and oxygen atoms in total. The van der Waals surface area contributed by atoms with Crippen molar-refractivity contribution >= 4 is 23.2 Å². The lowest BCUT2D eigenvalue weighted by Gasteiger charge is -2.33. The summed E-state index contributed by atoms with van der Waals surface area (Å²) < 4.78 is 5.63. The number of furan rings is 1. The molecule has 27 heavy (non-hydrogen) atoms. The SMILES string of the molecule is CC(=O)N[C@H](CC(=O)NC[C@H](c1ccco1)N1CCCCC1)c1cccs1. The number of thiophene rings is 1. The molecule has 3 heterocycles. The fraction of sp³-hybridized carbons (Fsp3) is 0.500. The summed E-state index contributed by atoms with van der Waals surface area (Å²) in [6, 6.07) is 7.48. The highest BCUT2D eigenvalue weighted by Gasteiger charge is 2.25. The van der Waals surface area contributed by atoms with Gasteiger partial charge in [-0.2, -0.15) is 0 Å². The Morgan fingerprint density at radius 1 is 1.22 bits per heavy atom. The van der Waals surface area contributed by atoms with Gasteiger partial charge in [0, 0.05) is 18.3 Å². The highest BCUT2D eigenvalue weighted by Crippen LogP contribution is 2.25. The molecule has 0 radical (unpaired) electrons. The Morgan fingerprint density at radius 3 is 2.67 bits per heavy atom. The molecule has 2 atom stereocenters. The predicted molar refractivity (Wildman–Crippen MR) is 105 cm³/mol. The topological polar surface area (TPSA) is 74.6 Å². The Bertz CT molecular complexity index is 709. The molecule has 0 aromatic carbocycles. The van der Waals surface area contributed by atoms with E-state index in [-0.39, 0.29) is 30.3 Å². The van der Waals surface area contributed by atoms with E-state index in [1.807, 2.05) is 29.6 Å². The molecular formula is C20H27N3O3S. The van der Waals surface area contributed by atoms with Crippen LogP contribution in [0.4, 0.5) is 0 Å². The second-order valence-electron chi connectivity index (χ2n) is 6.90. The molecule has 2 aromatic heterocycles. The average molecular weight is 390 g/mol. The zero-order valence-electron chi connectivity index (χ0n) is 15.6. The number of carbonyl (C=O) groups is 2. The van der Waals surface area contributed by atoms with E-state index in [1.165, 1.54) is 26.2 Å². The van der Waals surface area contributed by atoms with Crippen molar-refractivity contribution in [1.82, 2.24) is 15.5 Å². The molecular weight excluding hydrogens is 362 g/mol. The van der Waals surface area contributed by atoms with Crippen LogP contribution in [0.5, 0.6) is 0 Å². The van der Waals surface area contributed by atoms with Crippen molar-refractivity contribution in [2.24, 2.45) is 0 Å². The first-order chi connectivity index (χ1) is 13.1. The Kier molecular flexibility index (Phi) is 7.06. The van der Waals surface area contributed by atoms with Gasteiger partial charge in [-0.15, -0.1) is 11.3 Å². The molecule has 2 N–H and O–H groups in total. The van der Waals surface area contributed by atoms with Gasteiger partial charge >= 0.3 is 0 Å². The molecule has 2 aromatic rings. The van der Waals surface area contributed by atoms with Crippen molar-refractivity contribution in [2.75, 3.05) is 19.6 Å². The third-order valence-electron chi connectivity index (χ3n) is 4.85. The molecule has 3 rings (SSSR count). The van der Waals surface area contributed by atoms with Crippen molar-refractivity contribution in [3.63, 3.8) is 0 Å². The van der Waals surface area contributed by atoms with E-state index >= 15 is 0 Å². The standard InChI is InChI=1S/C20H27N3O3S/c1-15(24)22-16(19-8-6-12-27-19)13-20(25)21-14-17(18-7-5-11-26-18)23-9-3-2-4-10-23/h5-8,11-12,16-17H,2-4,9-10,13-14H2,1H3,(H,21,25)(H,22,24)/t16-,17-/m1/s1. The summed E-state index contributed by atoms with van der Waals surface area (Å²) >= 11 is 1.54. The molecule has 0 bridgehead atoms. The van der Waals surface area contributed by atoms with Crippen LogP contribution < -0.4 is 10.6 Å². The smallest absolute Gasteiger partial charge is 0.222 e. The molecule has 0 aliphatic carbocycles. The Hall–Kier alpha value is -2.12. The van der Waals surface area contributed by atoms with Crippen molar-refractivity contribution < 1.29 is 14.0 Å². The minimum atomic E-state index is -0.292. The maximum atomic E-state index is 12.6. The molecule has 0 unspecified atom stereocenters. The van der Waals surface area contributed by atoms with Gasteiger partial charge in [-0.25, -0.2) is 0 Å². The first-order valence-corrected chi connectivity index (χ1v) is 10.4. The molecule has 0 saturated carbocycles. The van der Waals surface area contributed by atoms with Gasteiger partial charge in [0.05, 0.1) is 24.8 Å². The van der Waals surface area contributed by atoms with Crippen LogP contribution >= 0.6 is 11.3 Å². The number of rotatable bonds is 8.